The summed E-state index contributed by atoms with van der Waals surface area (Å²) in [5, 5.41) is 0. The summed E-state index contributed by atoms with van der Waals surface area (Å²) in [7, 11) is 0. The van der Waals surface area contributed by atoms with E-state index >= 15 is 0 Å². The minimum Gasteiger partial charge on any atom is -0.460 e. The minimum atomic E-state index is 0.154. The number of Topliss-reactive ketones (excluding diaryl/α,β-unsaturated/α-hetero) is 1. The molecule has 2 aliphatic rings. The predicted octanol–water partition coefficient (Wildman–Crippen LogP) is 4.87. The SMILES string of the molecule is C#C/C=C\C=C/CCN1CCN(CCC(=O)/C(C)=C/C2=C(C)Oc3ccc(C=O)cc3S2)CC1. The Bertz CT molecular complexity index is 1050. The van der Waals surface area contributed by atoms with Crippen LogP contribution in [-0.2, 0) is 4.79 Å². The van der Waals surface area contributed by atoms with E-state index in [0.29, 0.717) is 12.0 Å². The molecule has 2 aliphatic heterocycles. The van der Waals surface area contributed by atoms with Crippen molar-refractivity contribution >= 4 is 23.8 Å². The molecule has 5 nitrogen and oxygen atoms in total. The molecule has 0 N–H and O–H groups in total. The number of benzene rings is 1. The van der Waals surface area contributed by atoms with Crippen LogP contribution in [0.25, 0.3) is 0 Å². The number of ketones is 1. The van der Waals surface area contributed by atoms with Gasteiger partial charge in [-0.3, -0.25) is 9.59 Å². The normalized spacial score (nSPS) is 17.6. The number of nitrogens with zero attached hydrogens (tertiary/aromatic N) is 2. The summed E-state index contributed by atoms with van der Waals surface area (Å²) in [5.41, 5.74) is 1.34. The van der Waals surface area contributed by atoms with Crippen molar-refractivity contribution in [3.05, 3.63) is 70.4 Å². The van der Waals surface area contributed by atoms with Gasteiger partial charge in [-0.2, -0.15) is 0 Å². The first-order valence-corrected chi connectivity index (χ1v) is 12.4. The van der Waals surface area contributed by atoms with Crippen LogP contribution in [-0.4, -0.2) is 61.1 Å². The van der Waals surface area contributed by atoms with Crippen LogP contribution in [0.2, 0.25) is 0 Å². The van der Waals surface area contributed by atoms with Gasteiger partial charge in [0.1, 0.15) is 17.8 Å². The van der Waals surface area contributed by atoms with Crippen LogP contribution < -0.4 is 4.74 Å². The smallest absolute Gasteiger partial charge is 0.159 e. The molecule has 2 heterocycles. The van der Waals surface area contributed by atoms with Crippen LogP contribution >= 0.6 is 11.8 Å². The number of aldehydes is 1. The van der Waals surface area contributed by atoms with Crippen molar-refractivity contribution in [1.29, 1.82) is 0 Å². The highest BCUT2D eigenvalue weighted by atomic mass is 32.2. The maximum atomic E-state index is 12.8. The molecule has 0 aromatic heterocycles. The number of hydrogen-bond acceptors (Lipinski definition) is 6. The third kappa shape index (κ3) is 7.59. The third-order valence-corrected chi connectivity index (χ3v) is 7.06. The zero-order chi connectivity index (χ0) is 24.3. The summed E-state index contributed by atoms with van der Waals surface area (Å²) in [6.07, 6.45) is 17.1. The molecule has 0 aliphatic carbocycles. The van der Waals surface area contributed by atoms with Crippen molar-refractivity contribution in [3.63, 3.8) is 0 Å². The molecule has 3 rings (SSSR count). The van der Waals surface area contributed by atoms with Gasteiger partial charge < -0.3 is 14.5 Å². The number of terminal acetylenes is 1. The van der Waals surface area contributed by atoms with E-state index in [2.05, 4.69) is 21.8 Å². The Hall–Kier alpha value is -2.85. The van der Waals surface area contributed by atoms with Crippen LogP contribution in [0.5, 0.6) is 5.75 Å². The third-order valence-electron chi connectivity index (χ3n) is 5.89. The number of allylic oxidation sites excluding steroid dienone is 6. The van der Waals surface area contributed by atoms with Gasteiger partial charge in [0.15, 0.2) is 5.78 Å². The van der Waals surface area contributed by atoms with E-state index in [-0.39, 0.29) is 5.78 Å². The number of thioether (sulfide) groups is 1. The van der Waals surface area contributed by atoms with Crippen LogP contribution in [0.1, 0.15) is 37.0 Å². The van der Waals surface area contributed by atoms with Gasteiger partial charge in [-0.05, 0) is 56.2 Å². The first kappa shape index (κ1) is 25.8. The maximum Gasteiger partial charge on any atom is 0.159 e. The Kier molecular flexibility index (Phi) is 9.96. The van der Waals surface area contributed by atoms with Crippen molar-refractivity contribution in [2.24, 2.45) is 0 Å². The van der Waals surface area contributed by atoms with E-state index in [4.69, 9.17) is 11.2 Å². The summed E-state index contributed by atoms with van der Waals surface area (Å²) in [4.78, 5) is 30.5. The van der Waals surface area contributed by atoms with Crippen LogP contribution in [0, 0.1) is 12.3 Å². The summed E-state index contributed by atoms with van der Waals surface area (Å²) in [6, 6.07) is 5.37. The van der Waals surface area contributed by atoms with E-state index < -0.39 is 0 Å². The van der Waals surface area contributed by atoms with E-state index in [1.165, 1.54) is 11.8 Å². The number of ether oxygens (including phenoxy) is 1. The van der Waals surface area contributed by atoms with Crippen LogP contribution in [0.4, 0.5) is 0 Å². The Morgan fingerprint density at radius 2 is 1.91 bits per heavy atom. The number of rotatable bonds is 10. The number of fused-ring (bicyclic) bond motifs is 1. The van der Waals surface area contributed by atoms with E-state index in [1.54, 1.807) is 12.1 Å². The molecule has 178 valence electrons. The van der Waals surface area contributed by atoms with Gasteiger partial charge >= 0.3 is 0 Å². The van der Waals surface area contributed by atoms with Crippen molar-refractivity contribution < 1.29 is 14.3 Å². The molecule has 0 atom stereocenters. The largest absolute Gasteiger partial charge is 0.460 e. The number of piperazine rings is 1. The standard InChI is InChI=1S/C28H32N2O3S/c1-4-5-6-7-8-9-13-29-15-17-30(18-16-29)14-12-25(32)22(2)19-27-23(3)33-26-11-10-24(21-31)20-28(26)34-27/h1,5-8,10-11,19-21H,9,12-18H2,2-3H3/b6-5-,8-7-,22-19+. The summed E-state index contributed by atoms with van der Waals surface area (Å²) in [6.45, 7) is 9.61. The predicted molar refractivity (Wildman–Crippen MR) is 139 cm³/mol. The van der Waals surface area contributed by atoms with Crippen molar-refractivity contribution in [2.75, 3.05) is 39.3 Å². The van der Waals surface area contributed by atoms with Gasteiger partial charge in [-0.15, -0.1) is 6.42 Å². The molecule has 0 spiro atoms. The molecule has 1 aromatic rings. The fourth-order valence-corrected chi connectivity index (χ4v) is 4.88. The zero-order valence-corrected chi connectivity index (χ0v) is 20.8. The van der Waals surface area contributed by atoms with Gasteiger partial charge in [0.05, 0.1) is 9.80 Å². The number of carbonyl (C=O) groups excluding carboxylic acids is 2. The van der Waals surface area contributed by atoms with Crippen molar-refractivity contribution in [2.45, 2.75) is 31.6 Å². The molecule has 34 heavy (non-hydrogen) atoms. The van der Waals surface area contributed by atoms with Crippen molar-refractivity contribution in [1.82, 2.24) is 9.80 Å². The average molecular weight is 477 g/mol. The lowest BCUT2D eigenvalue weighted by Crippen LogP contribution is -2.46. The highest BCUT2D eigenvalue weighted by Gasteiger charge is 2.20. The quantitative estimate of drug-likeness (QED) is 0.208. The highest BCUT2D eigenvalue weighted by Crippen LogP contribution is 2.42. The van der Waals surface area contributed by atoms with E-state index in [1.807, 2.05) is 44.2 Å². The Morgan fingerprint density at radius 3 is 2.62 bits per heavy atom. The van der Waals surface area contributed by atoms with E-state index in [0.717, 1.165) is 78.9 Å². The Morgan fingerprint density at radius 1 is 1.18 bits per heavy atom. The highest BCUT2D eigenvalue weighted by molar-refractivity contribution is 8.03. The summed E-state index contributed by atoms with van der Waals surface area (Å²) in [5.74, 6) is 4.13. The molecule has 0 unspecified atom stereocenters. The lowest BCUT2D eigenvalue weighted by Gasteiger charge is -2.34. The Labute approximate surface area is 207 Å². The molecular formula is C28H32N2O3S. The van der Waals surface area contributed by atoms with Gasteiger partial charge in [-0.1, -0.05) is 35.9 Å². The van der Waals surface area contributed by atoms with Gasteiger partial charge in [-0.25, -0.2) is 0 Å². The van der Waals surface area contributed by atoms with Crippen molar-refractivity contribution in [3.8, 4) is 18.1 Å². The van der Waals surface area contributed by atoms with Crippen LogP contribution in [0.15, 0.2) is 69.7 Å². The van der Waals surface area contributed by atoms with Gasteiger partial charge in [0, 0.05) is 51.3 Å². The molecule has 6 heteroatoms. The molecular weight excluding hydrogens is 444 g/mol. The molecule has 0 saturated carbocycles. The lowest BCUT2D eigenvalue weighted by atomic mass is 10.1. The average Bonchev–Trinajstić information content (AvgIpc) is 2.85. The molecule has 1 aromatic carbocycles. The molecule has 1 saturated heterocycles. The molecule has 1 fully saturated rings. The van der Waals surface area contributed by atoms with Gasteiger partial charge in [0.2, 0.25) is 0 Å². The molecule has 0 bridgehead atoms. The van der Waals surface area contributed by atoms with Crippen LogP contribution in [0.3, 0.4) is 0 Å². The molecule has 0 amide bonds. The topological polar surface area (TPSA) is 49.9 Å². The summed E-state index contributed by atoms with van der Waals surface area (Å²) >= 11 is 1.53. The number of carbonyl (C=O) groups is 2. The second-order valence-electron chi connectivity index (χ2n) is 8.38. The fourth-order valence-electron chi connectivity index (χ4n) is 3.81. The zero-order valence-electron chi connectivity index (χ0n) is 20.0. The lowest BCUT2D eigenvalue weighted by molar-refractivity contribution is -0.115. The maximum absolute atomic E-state index is 12.8. The Balaban J connectivity index is 1.44. The van der Waals surface area contributed by atoms with Gasteiger partial charge in [0.25, 0.3) is 0 Å². The second-order valence-corrected chi connectivity index (χ2v) is 9.46. The monoisotopic (exact) mass is 476 g/mol. The van der Waals surface area contributed by atoms with E-state index in [9.17, 15) is 9.59 Å². The first-order valence-electron chi connectivity index (χ1n) is 11.6. The second kappa shape index (κ2) is 13.1. The fraction of sp³-hybridized carbons (Fsp3) is 0.357. The minimum absolute atomic E-state index is 0.154. The molecule has 0 radical (unpaired) electrons. The first-order chi connectivity index (χ1) is 16.5. The summed E-state index contributed by atoms with van der Waals surface area (Å²) < 4.78 is 5.90. The number of hydrogen-bond donors (Lipinski definition) is 0.